The first-order valence-corrected chi connectivity index (χ1v) is 8.29. The Morgan fingerprint density at radius 1 is 1.15 bits per heavy atom. The third-order valence-electron chi connectivity index (χ3n) is 4.39. The summed E-state index contributed by atoms with van der Waals surface area (Å²) in [6, 6.07) is 8.19. The number of benzene rings is 1. The number of nitrogens with zero attached hydrogens (tertiary/aromatic N) is 1. The molecular formula is C18H21N2O7+. The smallest absolute Gasteiger partial charge is 0.342 e. The molecule has 0 aliphatic carbocycles. The average Bonchev–Trinajstić information content (AvgIpc) is 2.66. The van der Waals surface area contributed by atoms with Crippen molar-refractivity contribution in [2.75, 3.05) is 12.3 Å². The normalized spacial score (nSPS) is 27.9. The lowest BCUT2D eigenvalue weighted by Crippen LogP contribution is -2.63. The van der Waals surface area contributed by atoms with E-state index < -0.39 is 43.2 Å². The Morgan fingerprint density at radius 3 is 2.56 bits per heavy atom. The molecule has 1 aromatic carbocycles. The number of nitrogens with two attached hydrogens (primary N) is 1. The number of rotatable bonds is 4. The van der Waals surface area contributed by atoms with Crippen LogP contribution in [0.4, 0.5) is 5.69 Å². The molecule has 1 fully saturated rings. The molecule has 1 aliphatic rings. The molecule has 1 saturated heterocycles. The molecule has 5 atom stereocenters. The van der Waals surface area contributed by atoms with Crippen LogP contribution in [-0.2, 0) is 9.47 Å². The van der Waals surface area contributed by atoms with Gasteiger partial charge in [-0.05, 0) is 18.2 Å². The molecule has 1 aromatic heterocycles. The van der Waals surface area contributed by atoms with Gasteiger partial charge in [0, 0.05) is 17.8 Å². The molecule has 144 valence electrons. The summed E-state index contributed by atoms with van der Waals surface area (Å²) in [5, 5.41) is 40.6. The van der Waals surface area contributed by atoms with Gasteiger partial charge < -0.3 is 35.6 Å². The number of anilines is 1. The standard InChI is InChI=1S/C18H20N2O7/c19-10-4-5-12(21)11(8-10)17(24)26-9-13-15(22)16(23)14(18(25)27-13)20-6-2-1-3-7-20/h1-8,13-16,18,22-23,25H,9,19H2/p+1/t13?,14?,15-,16+,18+/m0/s1. The van der Waals surface area contributed by atoms with Gasteiger partial charge in [-0.15, -0.1) is 0 Å². The lowest BCUT2D eigenvalue weighted by atomic mass is 9.96. The second-order valence-corrected chi connectivity index (χ2v) is 6.23. The van der Waals surface area contributed by atoms with Gasteiger partial charge in [0.2, 0.25) is 12.3 Å². The van der Waals surface area contributed by atoms with E-state index in [0.717, 1.165) is 0 Å². The first-order valence-electron chi connectivity index (χ1n) is 8.29. The number of aliphatic hydroxyl groups excluding tert-OH is 3. The molecule has 2 unspecified atom stereocenters. The second kappa shape index (κ2) is 7.89. The molecule has 0 amide bonds. The van der Waals surface area contributed by atoms with Crippen LogP contribution in [0.1, 0.15) is 16.4 Å². The Hall–Kier alpha value is -2.72. The number of aromatic hydroxyl groups is 1. The van der Waals surface area contributed by atoms with Crippen molar-refractivity contribution in [1.82, 2.24) is 0 Å². The van der Waals surface area contributed by atoms with Crippen LogP contribution in [0.5, 0.6) is 5.75 Å². The molecule has 9 nitrogen and oxygen atoms in total. The maximum atomic E-state index is 12.1. The van der Waals surface area contributed by atoms with Crippen molar-refractivity contribution in [2.45, 2.75) is 30.6 Å². The number of ether oxygens (including phenoxy) is 2. The quantitative estimate of drug-likeness (QED) is 0.199. The molecule has 0 radical (unpaired) electrons. The van der Waals surface area contributed by atoms with E-state index in [0.29, 0.717) is 0 Å². The van der Waals surface area contributed by atoms with E-state index in [9.17, 15) is 25.2 Å². The zero-order valence-corrected chi connectivity index (χ0v) is 14.3. The summed E-state index contributed by atoms with van der Waals surface area (Å²) < 4.78 is 11.9. The van der Waals surface area contributed by atoms with Gasteiger partial charge in [-0.3, -0.25) is 0 Å². The van der Waals surface area contributed by atoms with E-state index in [4.69, 9.17) is 15.2 Å². The van der Waals surface area contributed by atoms with Crippen LogP contribution in [-0.4, -0.2) is 57.6 Å². The Bertz CT molecular complexity index is 802. The predicted molar refractivity (Wildman–Crippen MR) is 91.4 cm³/mol. The molecular weight excluding hydrogens is 356 g/mol. The molecule has 2 aromatic rings. The van der Waals surface area contributed by atoms with Crippen LogP contribution in [0.2, 0.25) is 0 Å². The number of phenolic OH excluding ortho intramolecular Hbond substituents is 1. The summed E-state index contributed by atoms with van der Waals surface area (Å²) in [7, 11) is 0. The first-order chi connectivity index (χ1) is 12.9. The number of hydrogen-bond donors (Lipinski definition) is 5. The monoisotopic (exact) mass is 377 g/mol. The summed E-state index contributed by atoms with van der Waals surface area (Å²) >= 11 is 0. The molecule has 1 aliphatic heterocycles. The second-order valence-electron chi connectivity index (χ2n) is 6.23. The number of esters is 1. The van der Waals surface area contributed by atoms with Crippen molar-refractivity contribution in [3.63, 3.8) is 0 Å². The summed E-state index contributed by atoms with van der Waals surface area (Å²) in [6.45, 7) is -0.436. The Balaban J connectivity index is 1.67. The summed E-state index contributed by atoms with van der Waals surface area (Å²) in [6.07, 6.45) is -2.10. The molecule has 27 heavy (non-hydrogen) atoms. The summed E-state index contributed by atoms with van der Waals surface area (Å²) in [4.78, 5) is 12.1. The van der Waals surface area contributed by atoms with Gasteiger partial charge in [-0.25, -0.2) is 4.79 Å². The predicted octanol–water partition coefficient (Wildman–Crippen LogP) is -0.901. The Morgan fingerprint density at radius 2 is 1.85 bits per heavy atom. The minimum atomic E-state index is -1.43. The van der Waals surface area contributed by atoms with Crippen molar-refractivity contribution in [1.29, 1.82) is 0 Å². The fourth-order valence-corrected chi connectivity index (χ4v) is 2.96. The summed E-state index contributed by atoms with van der Waals surface area (Å²) in [5.41, 5.74) is 5.71. The number of pyridine rings is 1. The van der Waals surface area contributed by atoms with Gasteiger partial charge in [0.15, 0.2) is 12.4 Å². The van der Waals surface area contributed by atoms with Crippen LogP contribution < -0.4 is 10.3 Å². The average molecular weight is 377 g/mol. The fraction of sp³-hybridized carbons (Fsp3) is 0.333. The number of carbonyl (C=O) groups excluding carboxylic acids is 1. The number of carbonyl (C=O) groups is 1. The molecule has 3 rings (SSSR count). The van der Waals surface area contributed by atoms with Gasteiger partial charge in [-0.1, -0.05) is 6.07 Å². The fourth-order valence-electron chi connectivity index (χ4n) is 2.96. The molecule has 6 N–H and O–H groups in total. The van der Waals surface area contributed by atoms with E-state index in [1.807, 2.05) is 0 Å². The SMILES string of the molecule is Nc1ccc(O)c(C(=O)OCC2O[C@@H](O)C([n+]3ccccc3)[C@@H](O)[C@H]2O)c1. The highest BCUT2D eigenvalue weighted by atomic mass is 16.6. The zero-order valence-electron chi connectivity index (χ0n) is 14.3. The third kappa shape index (κ3) is 4.01. The summed E-state index contributed by atoms with van der Waals surface area (Å²) in [5.74, 6) is -1.18. The number of nitrogen functional groups attached to an aromatic ring is 1. The minimum Gasteiger partial charge on any atom is -0.507 e. The minimum absolute atomic E-state index is 0.140. The van der Waals surface area contributed by atoms with E-state index in [1.165, 1.54) is 22.8 Å². The van der Waals surface area contributed by atoms with Crippen molar-refractivity contribution in [2.24, 2.45) is 0 Å². The van der Waals surface area contributed by atoms with Crippen molar-refractivity contribution < 1.29 is 39.3 Å². The van der Waals surface area contributed by atoms with Gasteiger partial charge in [-0.2, -0.15) is 4.57 Å². The maximum Gasteiger partial charge on any atom is 0.342 e. The molecule has 0 spiro atoms. The topological polar surface area (TPSA) is 146 Å². The highest BCUT2D eigenvalue weighted by Crippen LogP contribution is 2.26. The highest BCUT2D eigenvalue weighted by Gasteiger charge is 2.49. The van der Waals surface area contributed by atoms with Gasteiger partial charge in [0.1, 0.15) is 36.2 Å². The number of phenols is 1. The zero-order chi connectivity index (χ0) is 19.6. The third-order valence-corrected chi connectivity index (χ3v) is 4.39. The van der Waals surface area contributed by atoms with Gasteiger partial charge in [0.25, 0.3) is 0 Å². The number of aromatic nitrogens is 1. The van der Waals surface area contributed by atoms with Crippen molar-refractivity contribution in [3.05, 3.63) is 54.4 Å². The largest absolute Gasteiger partial charge is 0.507 e. The van der Waals surface area contributed by atoms with E-state index in [1.54, 1.807) is 30.6 Å². The lowest BCUT2D eigenvalue weighted by molar-refractivity contribution is -0.751. The van der Waals surface area contributed by atoms with E-state index in [-0.39, 0.29) is 17.0 Å². The van der Waals surface area contributed by atoms with Crippen LogP contribution in [0.3, 0.4) is 0 Å². The van der Waals surface area contributed by atoms with Gasteiger partial charge >= 0.3 is 5.97 Å². The Kier molecular flexibility index (Phi) is 5.57. The van der Waals surface area contributed by atoms with Crippen molar-refractivity contribution in [3.8, 4) is 5.75 Å². The van der Waals surface area contributed by atoms with Gasteiger partial charge in [0.05, 0.1) is 0 Å². The van der Waals surface area contributed by atoms with Crippen molar-refractivity contribution >= 4 is 11.7 Å². The van der Waals surface area contributed by atoms with Crippen LogP contribution in [0.25, 0.3) is 0 Å². The van der Waals surface area contributed by atoms with E-state index in [2.05, 4.69) is 0 Å². The molecule has 0 bridgehead atoms. The number of hydrogen-bond acceptors (Lipinski definition) is 8. The van der Waals surface area contributed by atoms with Crippen LogP contribution in [0.15, 0.2) is 48.8 Å². The molecule has 9 heteroatoms. The van der Waals surface area contributed by atoms with Crippen LogP contribution in [0, 0.1) is 0 Å². The molecule has 2 heterocycles. The van der Waals surface area contributed by atoms with Crippen LogP contribution >= 0.6 is 0 Å². The number of aliphatic hydroxyl groups is 3. The lowest BCUT2D eigenvalue weighted by Gasteiger charge is -2.37. The van der Waals surface area contributed by atoms with E-state index >= 15 is 0 Å². The molecule has 0 saturated carbocycles. The Labute approximate surface area is 154 Å². The highest BCUT2D eigenvalue weighted by molar-refractivity contribution is 5.93. The first kappa shape index (κ1) is 19.1. The maximum absolute atomic E-state index is 12.1.